The number of nitrogens with zero attached hydrogens (tertiary/aromatic N) is 1. The third-order valence-electron chi connectivity index (χ3n) is 5.27. The number of piperidine rings is 1. The highest BCUT2D eigenvalue weighted by Gasteiger charge is 2.33. The summed E-state index contributed by atoms with van der Waals surface area (Å²) in [6.07, 6.45) is 1.05. The number of anilines is 1. The molecule has 2 N–H and O–H groups in total. The Balaban J connectivity index is 1.80. The SMILES string of the molecule is COc1ccc(S(=O)(=O)NC(C)C)cc1NC(=O)C1CCCN(S(=O)(=O)c2ccccc2)C1. The molecule has 2 aromatic rings. The Kier molecular flexibility index (Phi) is 7.78. The Bertz CT molecular complexity index is 1200. The molecular formula is C22H29N3O6S2. The molecule has 1 heterocycles. The topological polar surface area (TPSA) is 122 Å². The molecule has 0 aliphatic carbocycles. The average molecular weight is 496 g/mol. The van der Waals surface area contributed by atoms with E-state index in [9.17, 15) is 21.6 Å². The van der Waals surface area contributed by atoms with Gasteiger partial charge in [0.1, 0.15) is 5.75 Å². The van der Waals surface area contributed by atoms with Crippen LogP contribution in [0.2, 0.25) is 0 Å². The van der Waals surface area contributed by atoms with Crippen LogP contribution in [0.4, 0.5) is 5.69 Å². The fourth-order valence-corrected chi connectivity index (χ4v) is 6.50. The smallest absolute Gasteiger partial charge is 0.243 e. The van der Waals surface area contributed by atoms with Crippen molar-refractivity contribution < 1.29 is 26.4 Å². The third kappa shape index (κ3) is 5.91. The van der Waals surface area contributed by atoms with Gasteiger partial charge in [-0.15, -0.1) is 0 Å². The molecule has 1 amide bonds. The van der Waals surface area contributed by atoms with Crippen molar-refractivity contribution in [3.63, 3.8) is 0 Å². The van der Waals surface area contributed by atoms with Crippen molar-refractivity contribution in [1.29, 1.82) is 0 Å². The van der Waals surface area contributed by atoms with E-state index in [0.717, 1.165) is 0 Å². The second-order valence-electron chi connectivity index (χ2n) is 8.14. The van der Waals surface area contributed by atoms with Gasteiger partial charge in [0.25, 0.3) is 0 Å². The number of hydrogen-bond donors (Lipinski definition) is 2. The van der Waals surface area contributed by atoms with Crippen LogP contribution in [0.5, 0.6) is 5.75 Å². The van der Waals surface area contributed by atoms with Crippen LogP contribution in [0, 0.1) is 5.92 Å². The molecule has 1 fully saturated rings. The van der Waals surface area contributed by atoms with Gasteiger partial charge in [-0.05, 0) is 57.0 Å². The first-order valence-electron chi connectivity index (χ1n) is 10.6. The summed E-state index contributed by atoms with van der Waals surface area (Å²) in [6.45, 7) is 3.79. The minimum atomic E-state index is -3.77. The zero-order valence-corrected chi connectivity index (χ0v) is 20.4. The molecule has 0 aromatic heterocycles. The maximum absolute atomic E-state index is 13.0. The normalized spacial score (nSPS) is 17.6. The summed E-state index contributed by atoms with van der Waals surface area (Å²) in [6, 6.07) is 12.0. The Morgan fingerprint density at radius 1 is 1.06 bits per heavy atom. The summed E-state index contributed by atoms with van der Waals surface area (Å²) in [7, 11) is -6.06. The van der Waals surface area contributed by atoms with Crippen LogP contribution in [0.1, 0.15) is 26.7 Å². The number of carbonyl (C=O) groups is 1. The Hall–Kier alpha value is -2.47. The summed E-state index contributed by atoms with van der Waals surface area (Å²) in [4.78, 5) is 13.2. The molecule has 1 saturated heterocycles. The van der Waals surface area contributed by atoms with Gasteiger partial charge in [-0.2, -0.15) is 4.31 Å². The van der Waals surface area contributed by atoms with Gasteiger partial charge < -0.3 is 10.1 Å². The van der Waals surface area contributed by atoms with Gasteiger partial charge in [0.2, 0.25) is 26.0 Å². The van der Waals surface area contributed by atoms with Crippen LogP contribution in [0.25, 0.3) is 0 Å². The van der Waals surface area contributed by atoms with Gasteiger partial charge in [0.05, 0.1) is 28.5 Å². The van der Waals surface area contributed by atoms with Crippen LogP contribution < -0.4 is 14.8 Å². The first-order chi connectivity index (χ1) is 15.5. The molecule has 0 spiro atoms. The molecule has 180 valence electrons. The summed E-state index contributed by atoms with van der Waals surface area (Å²) >= 11 is 0. The molecule has 9 nitrogen and oxygen atoms in total. The number of methoxy groups -OCH3 is 1. The van der Waals surface area contributed by atoms with Crippen molar-refractivity contribution in [2.75, 3.05) is 25.5 Å². The molecule has 1 unspecified atom stereocenters. The lowest BCUT2D eigenvalue weighted by Crippen LogP contribution is -2.43. The molecule has 1 atom stereocenters. The van der Waals surface area contributed by atoms with E-state index in [0.29, 0.717) is 25.1 Å². The Morgan fingerprint density at radius 3 is 2.39 bits per heavy atom. The molecule has 0 radical (unpaired) electrons. The summed E-state index contributed by atoms with van der Waals surface area (Å²) in [5.74, 6) is -0.681. The zero-order valence-electron chi connectivity index (χ0n) is 18.8. The highest BCUT2D eigenvalue weighted by molar-refractivity contribution is 7.89. The fourth-order valence-electron chi connectivity index (χ4n) is 3.68. The Morgan fingerprint density at radius 2 is 1.76 bits per heavy atom. The van der Waals surface area contributed by atoms with E-state index in [1.165, 1.54) is 41.7 Å². The Labute approximate surface area is 195 Å². The van der Waals surface area contributed by atoms with Crippen LogP contribution >= 0.6 is 0 Å². The number of benzene rings is 2. The quantitative estimate of drug-likeness (QED) is 0.580. The highest BCUT2D eigenvalue weighted by atomic mass is 32.2. The summed E-state index contributed by atoms with van der Waals surface area (Å²) < 4.78 is 60.1. The molecule has 33 heavy (non-hydrogen) atoms. The average Bonchev–Trinajstić information content (AvgIpc) is 2.79. The number of nitrogens with one attached hydrogen (secondary N) is 2. The second kappa shape index (κ2) is 10.2. The number of rotatable bonds is 8. The molecule has 1 aliphatic rings. The lowest BCUT2D eigenvalue weighted by Gasteiger charge is -2.31. The minimum absolute atomic E-state index is 0.00998. The van der Waals surface area contributed by atoms with Gasteiger partial charge in [0, 0.05) is 19.1 Å². The van der Waals surface area contributed by atoms with Crippen LogP contribution in [-0.2, 0) is 24.8 Å². The number of sulfonamides is 2. The standard InChI is InChI=1S/C22H29N3O6S2/c1-16(2)24-32(27,28)19-11-12-21(31-3)20(14-19)23-22(26)17-8-7-13-25(15-17)33(29,30)18-9-5-4-6-10-18/h4-6,9-12,14,16-17,24H,7-8,13,15H2,1-3H3,(H,23,26). The van der Waals surface area contributed by atoms with E-state index >= 15 is 0 Å². The molecule has 1 aliphatic heterocycles. The lowest BCUT2D eigenvalue weighted by molar-refractivity contribution is -0.120. The number of hydrogen-bond acceptors (Lipinski definition) is 6. The van der Waals surface area contributed by atoms with Gasteiger partial charge in [-0.3, -0.25) is 4.79 Å². The van der Waals surface area contributed by atoms with Crippen molar-refractivity contribution in [3.8, 4) is 5.75 Å². The molecule has 11 heteroatoms. The monoisotopic (exact) mass is 495 g/mol. The number of amides is 1. The van der Waals surface area contributed by atoms with Gasteiger partial charge in [-0.25, -0.2) is 21.6 Å². The van der Waals surface area contributed by atoms with Gasteiger partial charge in [0.15, 0.2) is 0 Å². The van der Waals surface area contributed by atoms with E-state index in [4.69, 9.17) is 4.74 Å². The van der Waals surface area contributed by atoms with Crippen molar-refractivity contribution in [3.05, 3.63) is 48.5 Å². The van der Waals surface area contributed by atoms with E-state index < -0.39 is 31.9 Å². The van der Waals surface area contributed by atoms with Gasteiger partial charge >= 0.3 is 0 Å². The number of ether oxygens (including phenoxy) is 1. The summed E-state index contributed by atoms with van der Waals surface area (Å²) in [5, 5.41) is 2.73. The van der Waals surface area contributed by atoms with E-state index in [1.54, 1.807) is 32.0 Å². The minimum Gasteiger partial charge on any atom is -0.495 e. The summed E-state index contributed by atoms with van der Waals surface area (Å²) in [5.41, 5.74) is 0.206. The highest BCUT2D eigenvalue weighted by Crippen LogP contribution is 2.30. The van der Waals surface area contributed by atoms with Crippen LogP contribution in [0.15, 0.2) is 58.3 Å². The maximum atomic E-state index is 13.0. The first kappa shape index (κ1) is 25.2. The first-order valence-corrected chi connectivity index (χ1v) is 13.5. The molecule has 3 rings (SSSR count). The van der Waals surface area contributed by atoms with Crippen LogP contribution in [0.3, 0.4) is 0 Å². The molecular weight excluding hydrogens is 466 g/mol. The van der Waals surface area contributed by atoms with Crippen molar-refractivity contribution >= 4 is 31.6 Å². The van der Waals surface area contributed by atoms with Crippen LogP contribution in [-0.4, -0.2) is 53.3 Å². The third-order valence-corrected chi connectivity index (χ3v) is 8.80. The van der Waals surface area contributed by atoms with Crippen molar-refractivity contribution in [2.24, 2.45) is 5.92 Å². The molecule has 2 aromatic carbocycles. The number of carbonyl (C=O) groups excluding carboxylic acids is 1. The van der Waals surface area contributed by atoms with Gasteiger partial charge in [-0.1, -0.05) is 18.2 Å². The predicted molar refractivity (Wildman–Crippen MR) is 125 cm³/mol. The largest absolute Gasteiger partial charge is 0.495 e. The van der Waals surface area contributed by atoms with Crippen molar-refractivity contribution in [2.45, 2.75) is 42.5 Å². The molecule has 0 saturated carbocycles. The lowest BCUT2D eigenvalue weighted by atomic mass is 9.98. The fraction of sp³-hybridized carbons (Fsp3) is 0.409. The zero-order chi connectivity index (χ0) is 24.2. The predicted octanol–water partition coefficient (Wildman–Crippen LogP) is 2.42. The second-order valence-corrected chi connectivity index (χ2v) is 11.8. The van der Waals surface area contributed by atoms with E-state index in [1.807, 2.05) is 0 Å². The van der Waals surface area contributed by atoms with E-state index in [2.05, 4.69) is 10.0 Å². The molecule has 0 bridgehead atoms. The van der Waals surface area contributed by atoms with Crippen molar-refractivity contribution in [1.82, 2.24) is 9.03 Å². The van der Waals surface area contributed by atoms with E-state index in [-0.39, 0.29) is 28.1 Å². The maximum Gasteiger partial charge on any atom is 0.243 e.